The first-order chi connectivity index (χ1) is 26.8. The number of carbonyl (C=O) groups is 2. The van der Waals surface area contributed by atoms with Crippen molar-refractivity contribution in [3.63, 3.8) is 0 Å². The second kappa shape index (κ2) is 34.4. The highest BCUT2D eigenvalue weighted by Gasteiger charge is 2.46. The predicted molar refractivity (Wildman–Crippen MR) is 219 cm³/mol. The van der Waals surface area contributed by atoms with Gasteiger partial charge in [-0.05, 0) is 83.5 Å². The SMILES string of the molecule is CC/C=C\C/C=C\C/C=C\CCCCCCCC(=O)OC(C(=O)OCCC)C(CCCCC/C=C\C/C=C\C/C=C\CC)O[C@H]1O[C@H](CO)[C@@H](O)[C@H](O)[C@H]1O. The molecule has 0 aliphatic carbocycles. The third kappa shape index (κ3) is 24.4. The van der Waals surface area contributed by atoms with E-state index in [1.165, 1.54) is 0 Å². The molecular formula is C45H74O10. The molecule has 0 radical (unpaired) electrons. The molecule has 0 saturated carbocycles. The number of hydrogen-bond acceptors (Lipinski definition) is 10. The van der Waals surface area contributed by atoms with Crippen molar-refractivity contribution in [2.24, 2.45) is 0 Å². The van der Waals surface area contributed by atoms with Gasteiger partial charge in [-0.3, -0.25) is 4.79 Å². The minimum Gasteiger partial charge on any atom is -0.463 e. The maximum Gasteiger partial charge on any atom is 0.350 e. The van der Waals surface area contributed by atoms with Gasteiger partial charge >= 0.3 is 11.9 Å². The Morgan fingerprint density at radius 3 is 1.69 bits per heavy atom. The standard InChI is InChI=1S/C45H74O10/c1-4-7-9-11-13-15-17-19-20-22-24-26-28-30-32-34-39(47)55-43(44(51)52-35-6-3)37(53-45-42(50)41(49)40(48)38(36-46)54-45)33-31-29-27-25-23-21-18-16-14-12-10-8-5-2/h7-10,13-16,19-21,23,37-38,40-43,45-46,48-50H,4-6,11-12,17-18,22,24-36H2,1-3H3/b9-7-,10-8-,15-13-,16-14-,20-19-,23-21-/t37?,38-,40-,41+,42-,43?,45+/m1/s1. The van der Waals surface area contributed by atoms with Gasteiger partial charge in [0.15, 0.2) is 6.29 Å². The highest BCUT2D eigenvalue weighted by Crippen LogP contribution is 2.27. The molecule has 1 rings (SSSR count). The number of carbonyl (C=O) groups excluding carboxylic acids is 2. The molecule has 10 heteroatoms. The summed E-state index contributed by atoms with van der Waals surface area (Å²) in [4.78, 5) is 26.4. The molecule has 1 saturated heterocycles. The van der Waals surface area contributed by atoms with E-state index in [0.717, 1.165) is 89.9 Å². The van der Waals surface area contributed by atoms with Gasteiger partial charge in [0.05, 0.1) is 13.2 Å². The molecule has 55 heavy (non-hydrogen) atoms. The number of aliphatic hydroxyl groups excluding tert-OH is 4. The van der Waals surface area contributed by atoms with Crippen LogP contribution in [0.2, 0.25) is 0 Å². The summed E-state index contributed by atoms with van der Waals surface area (Å²) in [5, 5.41) is 41.1. The number of aliphatic hydroxyl groups is 4. The molecular weight excluding hydrogens is 700 g/mol. The molecule has 0 aromatic rings. The first-order valence-corrected chi connectivity index (χ1v) is 21.0. The van der Waals surface area contributed by atoms with Crippen molar-refractivity contribution < 1.29 is 49.0 Å². The van der Waals surface area contributed by atoms with E-state index in [1.54, 1.807) is 0 Å². The van der Waals surface area contributed by atoms with Crippen molar-refractivity contribution in [1.82, 2.24) is 0 Å². The first kappa shape index (κ1) is 50.2. The van der Waals surface area contributed by atoms with Crippen LogP contribution in [0, 0.1) is 0 Å². The monoisotopic (exact) mass is 775 g/mol. The zero-order valence-corrected chi connectivity index (χ0v) is 34.1. The number of unbranched alkanes of at least 4 members (excludes halogenated alkanes) is 8. The van der Waals surface area contributed by atoms with Gasteiger partial charge < -0.3 is 39.4 Å². The van der Waals surface area contributed by atoms with Gasteiger partial charge in [-0.2, -0.15) is 0 Å². The van der Waals surface area contributed by atoms with Crippen LogP contribution in [-0.2, 0) is 28.5 Å². The van der Waals surface area contributed by atoms with Crippen molar-refractivity contribution in [3.8, 4) is 0 Å². The molecule has 1 aliphatic heterocycles. The summed E-state index contributed by atoms with van der Waals surface area (Å²) in [5.74, 6) is -1.31. The normalized spacial score (nSPS) is 21.9. The Labute approximate surface area is 332 Å². The number of ether oxygens (including phenoxy) is 4. The molecule has 1 heterocycles. The van der Waals surface area contributed by atoms with Crippen LogP contribution in [0.5, 0.6) is 0 Å². The topological polar surface area (TPSA) is 152 Å². The minimum absolute atomic E-state index is 0.124. The van der Waals surface area contributed by atoms with E-state index < -0.39 is 61.5 Å². The average molecular weight is 775 g/mol. The third-order valence-corrected chi connectivity index (χ3v) is 9.11. The van der Waals surface area contributed by atoms with E-state index >= 15 is 0 Å². The summed E-state index contributed by atoms with van der Waals surface area (Å²) in [6, 6.07) is 0. The molecule has 314 valence electrons. The lowest BCUT2D eigenvalue weighted by Crippen LogP contribution is -2.60. The number of rotatable bonds is 32. The second-order valence-corrected chi connectivity index (χ2v) is 14.0. The van der Waals surface area contributed by atoms with Crippen molar-refractivity contribution >= 4 is 11.9 Å². The van der Waals surface area contributed by atoms with Crippen molar-refractivity contribution in [2.75, 3.05) is 13.2 Å². The Morgan fingerprint density at radius 1 is 0.636 bits per heavy atom. The highest BCUT2D eigenvalue weighted by atomic mass is 16.7. The summed E-state index contributed by atoms with van der Waals surface area (Å²) in [7, 11) is 0. The van der Waals surface area contributed by atoms with E-state index in [4.69, 9.17) is 18.9 Å². The van der Waals surface area contributed by atoms with Gasteiger partial charge in [0.1, 0.15) is 30.5 Å². The molecule has 7 atom stereocenters. The van der Waals surface area contributed by atoms with Crippen LogP contribution in [0.1, 0.15) is 143 Å². The molecule has 10 nitrogen and oxygen atoms in total. The van der Waals surface area contributed by atoms with E-state index in [-0.39, 0.29) is 19.4 Å². The minimum atomic E-state index is -1.67. The molecule has 0 aromatic heterocycles. The fourth-order valence-corrected chi connectivity index (χ4v) is 5.90. The lowest BCUT2D eigenvalue weighted by molar-refractivity contribution is -0.317. The van der Waals surface area contributed by atoms with Crippen LogP contribution in [0.25, 0.3) is 0 Å². The molecule has 1 fully saturated rings. The Kier molecular flexibility index (Phi) is 31.4. The number of hydrogen-bond donors (Lipinski definition) is 4. The molecule has 0 bridgehead atoms. The molecule has 0 spiro atoms. The summed E-state index contributed by atoms with van der Waals surface area (Å²) < 4.78 is 22.9. The van der Waals surface area contributed by atoms with Crippen LogP contribution in [0.15, 0.2) is 72.9 Å². The average Bonchev–Trinajstić information content (AvgIpc) is 3.18. The summed E-state index contributed by atoms with van der Waals surface area (Å²) >= 11 is 0. The lowest BCUT2D eigenvalue weighted by atomic mass is 9.98. The van der Waals surface area contributed by atoms with Gasteiger partial charge in [-0.1, -0.05) is 126 Å². The molecule has 0 aromatic carbocycles. The van der Waals surface area contributed by atoms with Crippen molar-refractivity contribution in [2.45, 2.75) is 186 Å². The third-order valence-electron chi connectivity index (χ3n) is 9.11. The Bertz CT molecular complexity index is 1140. The van der Waals surface area contributed by atoms with Crippen LogP contribution in [0.3, 0.4) is 0 Å². The summed E-state index contributed by atoms with van der Waals surface area (Å²) in [6.45, 7) is 5.60. The van der Waals surface area contributed by atoms with Crippen molar-refractivity contribution in [1.29, 1.82) is 0 Å². The summed E-state index contributed by atoms with van der Waals surface area (Å²) in [5.41, 5.74) is 0. The maximum absolute atomic E-state index is 13.3. The molecule has 4 N–H and O–H groups in total. The Morgan fingerprint density at radius 2 is 1.15 bits per heavy atom. The van der Waals surface area contributed by atoms with E-state index in [0.29, 0.717) is 19.3 Å². The first-order valence-electron chi connectivity index (χ1n) is 21.0. The van der Waals surface area contributed by atoms with Gasteiger partial charge in [0.2, 0.25) is 6.10 Å². The largest absolute Gasteiger partial charge is 0.463 e. The molecule has 1 aliphatic rings. The fourth-order valence-electron chi connectivity index (χ4n) is 5.90. The van der Waals surface area contributed by atoms with Crippen LogP contribution in [-0.4, -0.2) is 88.5 Å². The van der Waals surface area contributed by atoms with Crippen LogP contribution >= 0.6 is 0 Å². The molecule has 0 amide bonds. The zero-order chi connectivity index (χ0) is 40.4. The zero-order valence-electron chi connectivity index (χ0n) is 34.1. The van der Waals surface area contributed by atoms with E-state index in [1.807, 2.05) is 6.92 Å². The quantitative estimate of drug-likeness (QED) is 0.0298. The Balaban J connectivity index is 2.76. The Hall–Kier alpha value is -2.86. The highest BCUT2D eigenvalue weighted by molar-refractivity contribution is 5.80. The van der Waals surface area contributed by atoms with Gasteiger partial charge in [-0.25, -0.2) is 4.79 Å². The molecule has 2 unspecified atom stereocenters. The van der Waals surface area contributed by atoms with Gasteiger partial charge in [0, 0.05) is 6.42 Å². The smallest absolute Gasteiger partial charge is 0.350 e. The summed E-state index contributed by atoms with van der Waals surface area (Å²) in [6.07, 6.45) is 31.5. The predicted octanol–water partition coefficient (Wildman–Crippen LogP) is 8.44. The lowest BCUT2D eigenvalue weighted by Gasteiger charge is -2.41. The van der Waals surface area contributed by atoms with E-state index in [2.05, 4.69) is 86.8 Å². The number of esters is 2. The fraction of sp³-hybridized carbons (Fsp3) is 0.689. The van der Waals surface area contributed by atoms with Crippen molar-refractivity contribution in [3.05, 3.63) is 72.9 Å². The van der Waals surface area contributed by atoms with Crippen LogP contribution < -0.4 is 0 Å². The van der Waals surface area contributed by atoms with Gasteiger partial charge in [0.25, 0.3) is 0 Å². The maximum atomic E-state index is 13.3. The van der Waals surface area contributed by atoms with E-state index in [9.17, 15) is 30.0 Å². The van der Waals surface area contributed by atoms with Crippen LogP contribution in [0.4, 0.5) is 0 Å². The second-order valence-electron chi connectivity index (χ2n) is 14.0. The van der Waals surface area contributed by atoms with Gasteiger partial charge in [-0.15, -0.1) is 0 Å². The number of allylic oxidation sites excluding steroid dienone is 12.